The van der Waals surface area contributed by atoms with Crippen LogP contribution in [-0.2, 0) is 17.9 Å². The lowest BCUT2D eigenvalue weighted by atomic mass is 10.1. The Morgan fingerprint density at radius 2 is 2.29 bits per heavy atom. The molecule has 1 unspecified atom stereocenters. The van der Waals surface area contributed by atoms with Crippen molar-refractivity contribution in [3.63, 3.8) is 0 Å². The molecule has 0 saturated carbocycles. The van der Waals surface area contributed by atoms with Gasteiger partial charge in [-0.05, 0) is 18.6 Å². The van der Waals surface area contributed by atoms with Gasteiger partial charge in [-0.3, -0.25) is 9.48 Å². The molecule has 1 aromatic carbocycles. The standard InChI is InChI=1S/C15H19N5O/c1-12-9-20(14-5-3-2-4-13(14)8-17-12)15(21)6-7-19-11-16-10-18-19/h2-5,10-12,17H,6-9H2,1H3. The molecule has 1 aromatic heterocycles. The summed E-state index contributed by atoms with van der Waals surface area (Å²) < 4.78 is 1.68. The minimum Gasteiger partial charge on any atom is -0.310 e. The lowest BCUT2D eigenvalue weighted by Crippen LogP contribution is -2.40. The third kappa shape index (κ3) is 3.11. The highest BCUT2D eigenvalue weighted by Gasteiger charge is 2.23. The van der Waals surface area contributed by atoms with Gasteiger partial charge in [0.1, 0.15) is 12.7 Å². The number of nitrogens with one attached hydrogen (secondary N) is 1. The summed E-state index contributed by atoms with van der Waals surface area (Å²) in [6.07, 6.45) is 3.54. The molecule has 6 nitrogen and oxygen atoms in total. The number of benzene rings is 1. The molecule has 21 heavy (non-hydrogen) atoms. The van der Waals surface area contributed by atoms with E-state index in [1.54, 1.807) is 11.0 Å². The molecule has 6 heteroatoms. The summed E-state index contributed by atoms with van der Waals surface area (Å²) in [6, 6.07) is 8.34. The monoisotopic (exact) mass is 285 g/mol. The van der Waals surface area contributed by atoms with Crippen molar-refractivity contribution in [2.75, 3.05) is 11.4 Å². The molecular weight excluding hydrogens is 266 g/mol. The average Bonchev–Trinajstić information content (AvgIpc) is 2.96. The van der Waals surface area contributed by atoms with Crippen LogP contribution in [0.1, 0.15) is 18.9 Å². The van der Waals surface area contributed by atoms with Gasteiger partial charge in [0.05, 0.1) is 6.54 Å². The third-order valence-corrected chi connectivity index (χ3v) is 3.70. The molecule has 110 valence electrons. The average molecular weight is 285 g/mol. The zero-order chi connectivity index (χ0) is 14.7. The molecule has 1 N–H and O–H groups in total. The second-order valence-electron chi connectivity index (χ2n) is 5.32. The van der Waals surface area contributed by atoms with E-state index in [2.05, 4.69) is 28.4 Å². The second-order valence-corrected chi connectivity index (χ2v) is 5.32. The number of carbonyl (C=O) groups is 1. The first-order chi connectivity index (χ1) is 10.2. The fraction of sp³-hybridized carbons (Fsp3) is 0.400. The van der Waals surface area contributed by atoms with Gasteiger partial charge in [0.25, 0.3) is 0 Å². The van der Waals surface area contributed by atoms with Crippen LogP contribution in [0.3, 0.4) is 0 Å². The van der Waals surface area contributed by atoms with Crippen LogP contribution in [-0.4, -0.2) is 33.3 Å². The quantitative estimate of drug-likeness (QED) is 0.920. The predicted molar refractivity (Wildman–Crippen MR) is 79.7 cm³/mol. The number of carbonyl (C=O) groups excluding carboxylic acids is 1. The number of fused-ring (bicyclic) bond motifs is 1. The maximum atomic E-state index is 12.6. The molecule has 1 aliphatic rings. The normalized spacial score (nSPS) is 18.1. The van der Waals surface area contributed by atoms with E-state index >= 15 is 0 Å². The Labute approximate surface area is 123 Å². The number of aryl methyl sites for hydroxylation is 1. The van der Waals surface area contributed by atoms with E-state index in [9.17, 15) is 4.79 Å². The molecule has 0 aliphatic carbocycles. The van der Waals surface area contributed by atoms with Gasteiger partial charge in [-0.1, -0.05) is 18.2 Å². The van der Waals surface area contributed by atoms with Crippen LogP contribution in [0.2, 0.25) is 0 Å². The highest BCUT2D eigenvalue weighted by atomic mass is 16.2. The smallest absolute Gasteiger partial charge is 0.228 e. The van der Waals surface area contributed by atoms with E-state index in [-0.39, 0.29) is 11.9 Å². The van der Waals surface area contributed by atoms with Crippen molar-refractivity contribution in [2.45, 2.75) is 32.5 Å². The lowest BCUT2D eigenvalue weighted by molar-refractivity contribution is -0.118. The summed E-state index contributed by atoms with van der Waals surface area (Å²) in [4.78, 5) is 18.4. The SMILES string of the molecule is CC1CN(C(=O)CCn2cncn2)c2ccccc2CN1. The number of rotatable bonds is 3. The predicted octanol–water partition coefficient (Wildman–Crippen LogP) is 1.19. The van der Waals surface area contributed by atoms with Gasteiger partial charge < -0.3 is 10.2 Å². The van der Waals surface area contributed by atoms with Crippen LogP contribution in [0, 0.1) is 0 Å². The maximum absolute atomic E-state index is 12.6. The number of aromatic nitrogens is 3. The van der Waals surface area contributed by atoms with Crippen molar-refractivity contribution in [1.82, 2.24) is 20.1 Å². The number of hydrogen-bond donors (Lipinski definition) is 1. The Morgan fingerprint density at radius 1 is 1.43 bits per heavy atom. The van der Waals surface area contributed by atoms with Gasteiger partial charge in [0, 0.05) is 31.2 Å². The first-order valence-corrected chi connectivity index (χ1v) is 7.18. The zero-order valence-electron chi connectivity index (χ0n) is 12.1. The van der Waals surface area contributed by atoms with Crippen LogP contribution in [0.5, 0.6) is 0 Å². The first-order valence-electron chi connectivity index (χ1n) is 7.18. The van der Waals surface area contributed by atoms with Crippen LogP contribution in [0.15, 0.2) is 36.9 Å². The summed E-state index contributed by atoms with van der Waals surface area (Å²) in [5.41, 5.74) is 2.17. The molecule has 2 heterocycles. The zero-order valence-corrected chi connectivity index (χ0v) is 12.1. The summed E-state index contributed by atoms with van der Waals surface area (Å²) in [6.45, 7) is 4.14. The van der Waals surface area contributed by atoms with Gasteiger partial charge in [-0.25, -0.2) is 4.98 Å². The molecule has 0 fully saturated rings. The molecule has 1 aliphatic heterocycles. The summed E-state index contributed by atoms with van der Waals surface area (Å²) in [5, 5.41) is 7.47. The van der Waals surface area contributed by atoms with E-state index in [1.807, 2.05) is 23.1 Å². The highest BCUT2D eigenvalue weighted by molar-refractivity contribution is 5.94. The molecule has 0 saturated heterocycles. The first kappa shape index (κ1) is 13.8. The molecule has 0 bridgehead atoms. The van der Waals surface area contributed by atoms with E-state index in [0.717, 1.165) is 17.8 Å². The van der Waals surface area contributed by atoms with Gasteiger partial charge in [0.15, 0.2) is 0 Å². The van der Waals surface area contributed by atoms with Gasteiger partial charge >= 0.3 is 0 Å². The Balaban J connectivity index is 1.77. The molecular formula is C15H19N5O. The van der Waals surface area contributed by atoms with Crippen LogP contribution >= 0.6 is 0 Å². The minimum atomic E-state index is 0.119. The molecule has 2 aromatic rings. The van der Waals surface area contributed by atoms with Crippen molar-refractivity contribution in [1.29, 1.82) is 0 Å². The minimum absolute atomic E-state index is 0.119. The van der Waals surface area contributed by atoms with E-state index in [4.69, 9.17) is 0 Å². The fourth-order valence-corrected chi connectivity index (χ4v) is 2.57. The molecule has 1 amide bonds. The number of nitrogens with zero attached hydrogens (tertiary/aromatic N) is 4. The largest absolute Gasteiger partial charge is 0.310 e. The van der Waals surface area contributed by atoms with Crippen molar-refractivity contribution in [3.05, 3.63) is 42.5 Å². The van der Waals surface area contributed by atoms with Gasteiger partial charge in [0.2, 0.25) is 5.91 Å². The summed E-state index contributed by atoms with van der Waals surface area (Å²) in [5.74, 6) is 0.119. The summed E-state index contributed by atoms with van der Waals surface area (Å²) in [7, 11) is 0. The van der Waals surface area contributed by atoms with Gasteiger partial charge in [-0.15, -0.1) is 0 Å². The van der Waals surface area contributed by atoms with Crippen molar-refractivity contribution < 1.29 is 4.79 Å². The van der Waals surface area contributed by atoms with Crippen molar-refractivity contribution in [3.8, 4) is 0 Å². The Morgan fingerprint density at radius 3 is 3.10 bits per heavy atom. The lowest BCUT2D eigenvalue weighted by Gasteiger charge is -2.24. The van der Waals surface area contributed by atoms with Gasteiger partial charge in [-0.2, -0.15) is 5.10 Å². The molecule has 0 radical (unpaired) electrons. The number of anilines is 1. The Hall–Kier alpha value is -2.21. The van der Waals surface area contributed by atoms with E-state index in [1.165, 1.54) is 6.33 Å². The van der Waals surface area contributed by atoms with E-state index < -0.39 is 0 Å². The fourth-order valence-electron chi connectivity index (χ4n) is 2.57. The number of para-hydroxylation sites is 1. The van der Waals surface area contributed by atoms with Crippen molar-refractivity contribution in [2.24, 2.45) is 0 Å². The van der Waals surface area contributed by atoms with Crippen LogP contribution < -0.4 is 10.2 Å². The molecule has 0 spiro atoms. The maximum Gasteiger partial charge on any atom is 0.228 e. The molecule has 3 rings (SSSR count). The topological polar surface area (TPSA) is 63.1 Å². The van der Waals surface area contributed by atoms with Crippen LogP contribution in [0.25, 0.3) is 0 Å². The second kappa shape index (κ2) is 6.05. The number of hydrogen-bond acceptors (Lipinski definition) is 4. The Bertz CT molecular complexity index is 610. The third-order valence-electron chi connectivity index (χ3n) is 3.70. The van der Waals surface area contributed by atoms with Crippen molar-refractivity contribution >= 4 is 11.6 Å². The van der Waals surface area contributed by atoms with E-state index in [0.29, 0.717) is 19.5 Å². The summed E-state index contributed by atoms with van der Waals surface area (Å²) >= 11 is 0. The Kier molecular flexibility index (Phi) is 3.96. The van der Waals surface area contributed by atoms with Crippen LogP contribution in [0.4, 0.5) is 5.69 Å². The molecule has 1 atom stereocenters. The number of amides is 1. The highest BCUT2D eigenvalue weighted by Crippen LogP contribution is 2.24.